The third kappa shape index (κ3) is 2.77. The lowest BCUT2D eigenvalue weighted by Gasteiger charge is -2.05. The average molecular weight is 352 g/mol. The number of H-pyrrole nitrogens is 2. The van der Waals surface area contributed by atoms with E-state index in [1.54, 1.807) is 30.3 Å². The Bertz CT molecular complexity index is 1150. The first kappa shape index (κ1) is 15.8. The zero-order chi connectivity index (χ0) is 18.3. The van der Waals surface area contributed by atoms with Crippen LogP contribution in [0, 0.1) is 12.7 Å². The monoisotopic (exact) mass is 352 g/mol. The van der Waals surface area contributed by atoms with Crippen molar-refractivity contribution in [2.75, 3.05) is 5.32 Å². The lowest BCUT2D eigenvalue weighted by molar-refractivity contribution is 0.102. The van der Waals surface area contributed by atoms with Gasteiger partial charge < -0.3 is 10.3 Å². The second-order valence-corrected chi connectivity index (χ2v) is 5.81. The number of carbonyl (C=O) groups excluding carboxylic acids is 1. The molecule has 0 saturated carbocycles. The predicted octanol–water partition coefficient (Wildman–Crippen LogP) is 3.21. The zero-order valence-electron chi connectivity index (χ0n) is 13.6. The van der Waals surface area contributed by atoms with E-state index in [1.165, 1.54) is 12.1 Å². The first-order valence-electron chi connectivity index (χ1n) is 7.77. The van der Waals surface area contributed by atoms with Crippen molar-refractivity contribution in [1.29, 1.82) is 0 Å². The van der Waals surface area contributed by atoms with Gasteiger partial charge in [-0.25, -0.2) is 9.18 Å². The number of amides is 1. The van der Waals surface area contributed by atoms with Crippen LogP contribution in [0.1, 0.15) is 16.1 Å². The molecule has 3 N–H and O–H groups in total. The molecule has 0 radical (unpaired) electrons. The van der Waals surface area contributed by atoms with Crippen LogP contribution in [-0.4, -0.2) is 21.0 Å². The summed E-state index contributed by atoms with van der Waals surface area (Å²) in [5.41, 5.74) is 2.74. The number of anilines is 1. The number of nitrogens with zero attached hydrogens (tertiary/aromatic N) is 1. The quantitative estimate of drug-likeness (QED) is 0.527. The summed E-state index contributed by atoms with van der Waals surface area (Å²) in [6, 6.07) is 11.2. The van der Waals surface area contributed by atoms with Gasteiger partial charge in [-0.05, 0) is 36.8 Å². The highest BCUT2D eigenvalue weighted by Gasteiger charge is 2.14. The Hall–Kier alpha value is -3.68. The van der Waals surface area contributed by atoms with Crippen molar-refractivity contribution in [1.82, 2.24) is 15.1 Å². The van der Waals surface area contributed by atoms with Gasteiger partial charge in [-0.1, -0.05) is 23.4 Å². The van der Waals surface area contributed by atoms with E-state index in [4.69, 9.17) is 0 Å². The zero-order valence-corrected chi connectivity index (χ0v) is 13.6. The summed E-state index contributed by atoms with van der Waals surface area (Å²) < 4.78 is 18.4. The molecule has 8 heteroatoms. The summed E-state index contributed by atoms with van der Waals surface area (Å²) in [7, 11) is 0. The normalized spacial score (nSPS) is 11.0. The number of aromatic nitrogens is 3. The van der Waals surface area contributed by atoms with Crippen LogP contribution in [0.25, 0.3) is 22.3 Å². The second-order valence-electron chi connectivity index (χ2n) is 5.81. The molecule has 0 aliphatic rings. The van der Waals surface area contributed by atoms with Crippen molar-refractivity contribution >= 4 is 22.5 Å². The van der Waals surface area contributed by atoms with Gasteiger partial charge in [0.2, 0.25) is 0 Å². The van der Waals surface area contributed by atoms with E-state index in [0.29, 0.717) is 22.2 Å². The van der Waals surface area contributed by atoms with Crippen molar-refractivity contribution in [3.05, 3.63) is 70.1 Å². The standard InChI is InChI=1S/C18H13FN4O3/c1-9-5-6-13(19)12-8-14(21-15(9)12)17(24)20-11-4-2-3-10(7-11)16-22-18(25)26-23-16/h2-8,21H,1H3,(H,20,24)(H,22,23,25). The van der Waals surface area contributed by atoms with Crippen LogP contribution in [-0.2, 0) is 0 Å². The molecule has 0 aliphatic heterocycles. The smallest absolute Gasteiger partial charge is 0.350 e. The Balaban J connectivity index is 1.63. The lowest BCUT2D eigenvalue weighted by Crippen LogP contribution is -2.12. The highest BCUT2D eigenvalue weighted by Crippen LogP contribution is 2.23. The van der Waals surface area contributed by atoms with E-state index in [0.717, 1.165) is 5.56 Å². The van der Waals surface area contributed by atoms with Gasteiger partial charge in [0.15, 0.2) is 5.82 Å². The van der Waals surface area contributed by atoms with Crippen LogP contribution >= 0.6 is 0 Å². The number of hydrogen-bond donors (Lipinski definition) is 3. The fourth-order valence-corrected chi connectivity index (χ4v) is 2.74. The second kappa shape index (κ2) is 5.99. The SMILES string of the molecule is Cc1ccc(F)c2cc(C(=O)Nc3cccc(-c4noc(=O)[nH]4)c3)[nH]c12. The van der Waals surface area contributed by atoms with Gasteiger partial charge in [-0.15, -0.1) is 0 Å². The van der Waals surface area contributed by atoms with E-state index in [9.17, 15) is 14.0 Å². The number of nitrogens with one attached hydrogen (secondary N) is 3. The van der Waals surface area contributed by atoms with Crippen molar-refractivity contribution in [2.45, 2.75) is 6.92 Å². The Labute approximate surface area is 145 Å². The minimum Gasteiger partial charge on any atom is -0.350 e. The third-order valence-electron chi connectivity index (χ3n) is 4.03. The van der Waals surface area contributed by atoms with Crippen molar-refractivity contribution in [2.24, 2.45) is 0 Å². The van der Waals surface area contributed by atoms with Gasteiger partial charge >= 0.3 is 5.76 Å². The van der Waals surface area contributed by atoms with Crippen molar-refractivity contribution in [3.8, 4) is 11.4 Å². The van der Waals surface area contributed by atoms with Gasteiger partial charge in [0, 0.05) is 16.6 Å². The number of rotatable bonds is 3. The molecule has 2 heterocycles. The molecule has 4 aromatic rings. The first-order chi connectivity index (χ1) is 12.5. The highest BCUT2D eigenvalue weighted by atomic mass is 19.1. The van der Waals surface area contributed by atoms with Gasteiger partial charge in [-0.2, -0.15) is 0 Å². The van der Waals surface area contributed by atoms with Crippen LogP contribution in [0.4, 0.5) is 10.1 Å². The van der Waals surface area contributed by atoms with E-state index in [2.05, 4.69) is 25.0 Å². The van der Waals surface area contributed by atoms with Gasteiger partial charge in [0.05, 0.1) is 5.52 Å². The number of aromatic amines is 2. The molecular formula is C18H13FN4O3. The maximum Gasteiger partial charge on any atom is 0.439 e. The largest absolute Gasteiger partial charge is 0.439 e. The molecule has 2 aromatic carbocycles. The molecule has 0 spiro atoms. The average Bonchev–Trinajstić information content (AvgIpc) is 3.26. The van der Waals surface area contributed by atoms with Crippen molar-refractivity contribution in [3.63, 3.8) is 0 Å². The molecule has 0 fully saturated rings. The van der Waals surface area contributed by atoms with Gasteiger partial charge in [0.25, 0.3) is 5.91 Å². The highest BCUT2D eigenvalue weighted by molar-refractivity contribution is 6.06. The number of benzene rings is 2. The number of carbonyl (C=O) groups is 1. The molecule has 2 aromatic heterocycles. The van der Waals surface area contributed by atoms with E-state index < -0.39 is 17.5 Å². The Kier molecular flexibility index (Phi) is 3.65. The first-order valence-corrected chi connectivity index (χ1v) is 7.77. The fourth-order valence-electron chi connectivity index (χ4n) is 2.74. The molecule has 0 atom stereocenters. The topological polar surface area (TPSA) is 104 Å². The number of fused-ring (bicyclic) bond motifs is 1. The Morgan fingerprint density at radius 1 is 1.19 bits per heavy atom. The maximum atomic E-state index is 13.9. The predicted molar refractivity (Wildman–Crippen MR) is 93.5 cm³/mol. The van der Waals surface area contributed by atoms with Crippen molar-refractivity contribution < 1.29 is 13.7 Å². The maximum absolute atomic E-state index is 13.9. The van der Waals surface area contributed by atoms with E-state index in [1.807, 2.05) is 6.92 Å². The summed E-state index contributed by atoms with van der Waals surface area (Å²) in [5.74, 6) is -1.21. The number of halogens is 1. The summed E-state index contributed by atoms with van der Waals surface area (Å²) in [5, 5.41) is 6.71. The molecule has 130 valence electrons. The molecule has 0 bridgehead atoms. The minimum atomic E-state index is -0.662. The fraction of sp³-hybridized carbons (Fsp3) is 0.0556. The minimum absolute atomic E-state index is 0.244. The lowest BCUT2D eigenvalue weighted by atomic mass is 10.1. The molecule has 7 nitrogen and oxygen atoms in total. The molecular weight excluding hydrogens is 339 g/mol. The summed E-state index contributed by atoms with van der Waals surface area (Å²) in [6.07, 6.45) is 0. The Morgan fingerprint density at radius 2 is 2.04 bits per heavy atom. The van der Waals surface area contributed by atoms with Crippen LogP contribution in [0.15, 0.2) is 51.8 Å². The molecule has 0 unspecified atom stereocenters. The molecule has 26 heavy (non-hydrogen) atoms. The van der Waals surface area contributed by atoms with Gasteiger partial charge in [-0.3, -0.25) is 14.3 Å². The number of aryl methyl sites for hydroxylation is 1. The third-order valence-corrected chi connectivity index (χ3v) is 4.03. The Morgan fingerprint density at radius 3 is 2.77 bits per heavy atom. The molecule has 0 saturated heterocycles. The van der Waals surface area contributed by atoms with Crippen LogP contribution in [0.2, 0.25) is 0 Å². The van der Waals surface area contributed by atoms with Gasteiger partial charge in [0.1, 0.15) is 11.5 Å². The molecule has 0 aliphatic carbocycles. The van der Waals surface area contributed by atoms with Crippen LogP contribution in [0.3, 0.4) is 0 Å². The molecule has 4 rings (SSSR count). The van der Waals surface area contributed by atoms with E-state index >= 15 is 0 Å². The van der Waals surface area contributed by atoms with E-state index in [-0.39, 0.29) is 11.5 Å². The number of hydrogen-bond acceptors (Lipinski definition) is 4. The summed E-state index contributed by atoms with van der Waals surface area (Å²) >= 11 is 0. The van der Waals surface area contributed by atoms with Crippen LogP contribution < -0.4 is 11.1 Å². The summed E-state index contributed by atoms with van der Waals surface area (Å²) in [4.78, 5) is 29.0. The summed E-state index contributed by atoms with van der Waals surface area (Å²) in [6.45, 7) is 1.84. The van der Waals surface area contributed by atoms with Crippen LogP contribution in [0.5, 0.6) is 0 Å². The molecule has 1 amide bonds.